The van der Waals surface area contributed by atoms with Gasteiger partial charge in [-0.25, -0.2) is 0 Å². The normalized spacial score (nSPS) is 11.7. The molecule has 2 rings (SSSR count). The third kappa shape index (κ3) is 5.42. The molecule has 2 N–H and O–H groups in total. The monoisotopic (exact) mass is 336 g/mol. The fourth-order valence-corrected chi connectivity index (χ4v) is 2.18. The van der Waals surface area contributed by atoms with E-state index in [4.69, 9.17) is 0 Å². The lowest BCUT2D eigenvalue weighted by atomic mass is 10.1. The van der Waals surface area contributed by atoms with Gasteiger partial charge in [0.15, 0.2) is 0 Å². The average molecular weight is 336 g/mol. The predicted molar refractivity (Wildman–Crippen MR) is 98.2 cm³/mol. The molecule has 1 unspecified atom stereocenters. The minimum Gasteiger partial charge on any atom is -0.342 e. The van der Waals surface area contributed by atoms with Crippen LogP contribution in [0.25, 0.3) is 6.08 Å². The molecule has 0 spiro atoms. The summed E-state index contributed by atoms with van der Waals surface area (Å²) in [6.07, 6.45) is 4.30. The Balaban J connectivity index is 2.09. The number of carbonyl (C=O) groups excluding carboxylic acids is 3. The number of nitrogens with one attached hydrogen (secondary N) is 2. The molecule has 2 aromatic rings. The van der Waals surface area contributed by atoms with Crippen molar-refractivity contribution in [2.24, 2.45) is 0 Å². The van der Waals surface area contributed by atoms with Crippen molar-refractivity contribution in [2.45, 2.75) is 19.4 Å². The van der Waals surface area contributed by atoms with Gasteiger partial charge in [-0.15, -0.1) is 0 Å². The van der Waals surface area contributed by atoms with Crippen LogP contribution >= 0.6 is 0 Å². The number of aldehydes is 1. The maximum Gasteiger partial charge on any atom is 0.253 e. The maximum atomic E-state index is 12.3. The third-order valence-electron chi connectivity index (χ3n) is 3.58. The molecule has 25 heavy (non-hydrogen) atoms. The van der Waals surface area contributed by atoms with Crippen LogP contribution in [-0.4, -0.2) is 24.1 Å². The van der Waals surface area contributed by atoms with Gasteiger partial charge in [0.1, 0.15) is 6.29 Å². The number of benzene rings is 2. The molecular weight excluding hydrogens is 316 g/mol. The van der Waals surface area contributed by atoms with Crippen LogP contribution in [0.3, 0.4) is 0 Å². The van der Waals surface area contributed by atoms with Gasteiger partial charge in [-0.1, -0.05) is 49.4 Å². The summed E-state index contributed by atoms with van der Waals surface area (Å²) in [5.74, 6) is -0.742. The molecule has 0 aliphatic rings. The highest BCUT2D eigenvalue weighted by atomic mass is 16.2. The van der Waals surface area contributed by atoms with E-state index in [1.807, 2.05) is 30.3 Å². The number of anilines is 1. The van der Waals surface area contributed by atoms with Crippen LogP contribution in [0.15, 0.2) is 60.7 Å². The molecule has 0 radical (unpaired) electrons. The van der Waals surface area contributed by atoms with Gasteiger partial charge in [-0.05, 0) is 30.2 Å². The summed E-state index contributed by atoms with van der Waals surface area (Å²) in [6, 6.07) is 15.6. The van der Waals surface area contributed by atoms with E-state index in [0.717, 1.165) is 5.56 Å². The third-order valence-corrected chi connectivity index (χ3v) is 3.58. The van der Waals surface area contributed by atoms with Crippen LogP contribution < -0.4 is 10.6 Å². The fourth-order valence-electron chi connectivity index (χ4n) is 2.18. The van der Waals surface area contributed by atoms with E-state index in [9.17, 15) is 14.4 Å². The number of carbonyl (C=O) groups is 3. The molecule has 0 saturated heterocycles. The first kappa shape index (κ1) is 18.1. The topological polar surface area (TPSA) is 75.3 Å². The van der Waals surface area contributed by atoms with Crippen molar-refractivity contribution < 1.29 is 14.4 Å². The molecule has 128 valence electrons. The Kier molecular flexibility index (Phi) is 6.65. The highest BCUT2D eigenvalue weighted by molar-refractivity contribution is 6.08. The Morgan fingerprint density at radius 1 is 1.04 bits per heavy atom. The van der Waals surface area contributed by atoms with Gasteiger partial charge in [0.25, 0.3) is 5.91 Å². The van der Waals surface area contributed by atoms with Crippen LogP contribution in [0.4, 0.5) is 5.69 Å². The van der Waals surface area contributed by atoms with Crippen molar-refractivity contribution >= 4 is 29.9 Å². The van der Waals surface area contributed by atoms with E-state index >= 15 is 0 Å². The van der Waals surface area contributed by atoms with E-state index in [2.05, 4.69) is 10.6 Å². The molecule has 2 amide bonds. The summed E-state index contributed by atoms with van der Waals surface area (Å²) in [4.78, 5) is 35.3. The number of para-hydroxylation sites is 1. The molecular formula is C20H20N2O3. The molecule has 0 fully saturated rings. The summed E-state index contributed by atoms with van der Waals surface area (Å²) < 4.78 is 0. The molecule has 1 atom stereocenters. The Hall–Kier alpha value is -3.21. The highest BCUT2D eigenvalue weighted by Gasteiger charge is 2.15. The molecule has 0 aromatic heterocycles. The Morgan fingerprint density at radius 2 is 1.72 bits per heavy atom. The lowest BCUT2D eigenvalue weighted by molar-refractivity contribution is -0.112. The van der Waals surface area contributed by atoms with Crippen molar-refractivity contribution in [3.8, 4) is 0 Å². The molecule has 2 aromatic carbocycles. The van der Waals surface area contributed by atoms with E-state index in [0.29, 0.717) is 24.0 Å². The van der Waals surface area contributed by atoms with E-state index in [1.54, 1.807) is 37.3 Å². The highest BCUT2D eigenvalue weighted by Crippen LogP contribution is 2.15. The van der Waals surface area contributed by atoms with Crippen LogP contribution in [0, 0.1) is 0 Å². The SMILES string of the molecule is CCC(C=O)NC(=O)c1ccccc1NC(=O)C=Cc1ccccc1. The molecule has 0 heterocycles. The van der Waals surface area contributed by atoms with Crippen LogP contribution in [0.1, 0.15) is 29.3 Å². The van der Waals surface area contributed by atoms with Gasteiger partial charge >= 0.3 is 0 Å². The molecule has 5 nitrogen and oxygen atoms in total. The summed E-state index contributed by atoms with van der Waals surface area (Å²) in [5, 5.41) is 5.32. The number of hydrogen-bond donors (Lipinski definition) is 2. The first-order valence-electron chi connectivity index (χ1n) is 8.03. The molecule has 0 saturated carbocycles. The van der Waals surface area contributed by atoms with E-state index in [-0.39, 0.29) is 5.91 Å². The van der Waals surface area contributed by atoms with Crippen LogP contribution in [0.2, 0.25) is 0 Å². The second kappa shape index (κ2) is 9.17. The van der Waals surface area contributed by atoms with Crippen molar-refractivity contribution in [1.29, 1.82) is 0 Å². The summed E-state index contributed by atoms with van der Waals surface area (Å²) >= 11 is 0. The Bertz CT molecular complexity index is 770. The van der Waals surface area contributed by atoms with Gasteiger partial charge in [0.05, 0.1) is 17.3 Å². The predicted octanol–water partition coefficient (Wildman–Crippen LogP) is 3.05. The van der Waals surface area contributed by atoms with Gasteiger partial charge in [-0.2, -0.15) is 0 Å². The van der Waals surface area contributed by atoms with Gasteiger partial charge in [-0.3, -0.25) is 9.59 Å². The Morgan fingerprint density at radius 3 is 2.40 bits per heavy atom. The molecule has 0 bridgehead atoms. The van der Waals surface area contributed by atoms with Crippen LogP contribution in [-0.2, 0) is 9.59 Å². The zero-order valence-corrected chi connectivity index (χ0v) is 13.9. The standard InChI is InChI=1S/C20H20N2O3/c1-2-16(14-23)21-20(25)17-10-6-7-11-18(17)22-19(24)13-12-15-8-4-3-5-9-15/h3-14,16H,2H2,1H3,(H,21,25)(H,22,24). The van der Waals surface area contributed by atoms with Gasteiger partial charge in [0, 0.05) is 6.08 Å². The van der Waals surface area contributed by atoms with Crippen molar-refractivity contribution in [3.63, 3.8) is 0 Å². The van der Waals surface area contributed by atoms with Gasteiger partial charge < -0.3 is 15.4 Å². The van der Waals surface area contributed by atoms with Gasteiger partial charge in [0.2, 0.25) is 5.91 Å². The lowest BCUT2D eigenvalue weighted by Gasteiger charge is -2.13. The average Bonchev–Trinajstić information content (AvgIpc) is 2.65. The van der Waals surface area contributed by atoms with E-state index in [1.165, 1.54) is 6.08 Å². The molecule has 5 heteroatoms. The first-order chi connectivity index (χ1) is 12.1. The van der Waals surface area contributed by atoms with Crippen molar-refractivity contribution in [2.75, 3.05) is 5.32 Å². The largest absolute Gasteiger partial charge is 0.342 e. The maximum absolute atomic E-state index is 12.3. The number of hydrogen-bond acceptors (Lipinski definition) is 3. The summed E-state index contributed by atoms with van der Waals surface area (Å²) in [7, 11) is 0. The zero-order chi connectivity index (χ0) is 18.1. The zero-order valence-electron chi connectivity index (χ0n) is 13.9. The number of amides is 2. The van der Waals surface area contributed by atoms with E-state index < -0.39 is 11.9 Å². The number of rotatable bonds is 7. The fraction of sp³-hybridized carbons (Fsp3) is 0.150. The quantitative estimate of drug-likeness (QED) is 0.603. The second-order valence-corrected chi connectivity index (χ2v) is 5.40. The second-order valence-electron chi connectivity index (χ2n) is 5.40. The molecule has 0 aliphatic heterocycles. The van der Waals surface area contributed by atoms with Crippen molar-refractivity contribution in [3.05, 3.63) is 71.8 Å². The first-order valence-corrected chi connectivity index (χ1v) is 8.03. The summed E-state index contributed by atoms with van der Waals surface area (Å²) in [5.41, 5.74) is 1.60. The molecule has 0 aliphatic carbocycles. The lowest BCUT2D eigenvalue weighted by Crippen LogP contribution is -2.35. The Labute approximate surface area is 146 Å². The van der Waals surface area contributed by atoms with Crippen LogP contribution in [0.5, 0.6) is 0 Å². The minimum atomic E-state index is -0.547. The van der Waals surface area contributed by atoms with Crippen molar-refractivity contribution in [1.82, 2.24) is 5.32 Å². The minimum absolute atomic E-state index is 0.310. The smallest absolute Gasteiger partial charge is 0.253 e. The summed E-state index contributed by atoms with van der Waals surface area (Å²) in [6.45, 7) is 1.81.